The number of alkyl halides is 3. The minimum absolute atomic E-state index is 0.267. The largest absolute Gasteiger partial charge is 0.573 e. The first kappa shape index (κ1) is 22.0. The Labute approximate surface area is 176 Å². The SMILES string of the molecule is NC(=O)N1CC=C(c2ccc(OCC(=O)Nc3ccc(OC(F)(F)F)cc3)cc2)CC1. The molecule has 1 aliphatic heterocycles. The highest BCUT2D eigenvalue weighted by Crippen LogP contribution is 2.25. The van der Waals surface area contributed by atoms with E-state index in [4.69, 9.17) is 10.5 Å². The number of primary amides is 1. The third-order valence-electron chi connectivity index (χ3n) is 4.49. The van der Waals surface area contributed by atoms with Gasteiger partial charge in [0.15, 0.2) is 6.61 Å². The van der Waals surface area contributed by atoms with Gasteiger partial charge in [0, 0.05) is 18.8 Å². The van der Waals surface area contributed by atoms with Crippen molar-refractivity contribution in [3.8, 4) is 11.5 Å². The molecule has 3 rings (SSSR count). The maximum absolute atomic E-state index is 12.2. The van der Waals surface area contributed by atoms with Gasteiger partial charge in [-0.15, -0.1) is 13.2 Å². The van der Waals surface area contributed by atoms with Crippen molar-refractivity contribution < 1.29 is 32.2 Å². The fourth-order valence-corrected chi connectivity index (χ4v) is 2.98. The number of carbonyl (C=O) groups is 2. The molecule has 0 radical (unpaired) electrons. The zero-order chi connectivity index (χ0) is 22.4. The van der Waals surface area contributed by atoms with Crippen LogP contribution in [0.4, 0.5) is 23.7 Å². The lowest BCUT2D eigenvalue weighted by Crippen LogP contribution is -2.38. The van der Waals surface area contributed by atoms with Crippen LogP contribution in [0.25, 0.3) is 5.57 Å². The topological polar surface area (TPSA) is 93.9 Å². The lowest BCUT2D eigenvalue weighted by atomic mass is 9.99. The molecule has 0 saturated carbocycles. The molecule has 7 nitrogen and oxygen atoms in total. The quantitative estimate of drug-likeness (QED) is 0.722. The number of hydrogen-bond donors (Lipinski definition) is 2. The van der Waals surface area contributed by atoms with Gasteiger partial charge < -0.3 is 25.4 Å². The maximum atomic E-state index is 12.2. The summed E-state index contributed by atoms with van der Waals surface area (Å²) in [6, 6.07) is 11.5. The number of carbonyl (C=O) groups excluding carboxylic acids is 2. The van der Waals surface area contributed by atoms with E-state index in [9.17, 15) is 22.8 Å². The Balaban J connectivity index is 1.48. The van der Waals surface area contributed by atoms with Crippen molar-refractivity contribution in [3.63, 3.8) is 0 Å². The lowest BCUT2D eigenvalue weighted by Gasteiger charge is -2.24. The number of nitrogens with zero attached hydrogens (tertiary/aromatic N) is 1. The Bertz CT molecular complexity index is 957. The van der Waals surface area contributed by atoms with E-state index in [0.717, 1.165) is 23.3 Å². The minimum atomic E-state index is -4.77. The van der Waals surface area contributed by atoms with Crippen molar-refractivity contribution in [2.75, 3.05) is 25.0 Å². The summed E-state index contributed by atoms with van der Waals surface area (Å²) in [6.07, 6.45) is -2.13. The van der Waals surface area contributed by atoms with Crippen LogP contribution in [0.15, 0.2) is 54.6 Å². The molecule has 3 N–H and O–H groups in total. The number of amides is 3. The number of benzene rings is 2. The van der Waals surface area contributed by atoms with Gasteiger partial charge in [0.1, 0.15) is 11.5 Å². The molecule has 10 heteroatoms. The van der Waals surface area contributed by atoms with Crippen LogP contribution in [0.2, 0.25) is 0 Å². The van der Waals surface area contributed by atoms with Crippen molar-refractivity contribution in [3.05, 3.63) is 60.2 Å². The Morgan fingerprint density at radius 1 is 1.03 bits per heavy atom. The molecule has 0 atom stereocenters. The smallest absolute Gasteiger partial charge is 0.484 e. The maximum Gasteiger partial charge on any atom is 0.573 e. The number of urea groups is 1. The van der Waals surface area contributed by atoms with Crippen molar-refractivity contribution >= 4 is 23.2 Å². The number of nitrogens with one attached hydrogen (secondary N) is 1. The number of halogens is 3. The molecule has 0 bridgehead atoms. The molecule has 1 heterocycles. The van der Waals surface area contributed by atoms with Crippen molar-refractivity contribution in [1.29, 1.82) is 0 Å². The van der Waals surface area contributed by atoms with Crippen molar-refractivity contribution in [2.45, 2.75) is 12.8 Å². The summed E-state index contributed by atoms with van der Waals surface area (Å²) in [5.74, 6) is -0.352. The second-order valence-electron chi connectivity index (χ2n) is 6.70. The Hall–Kier alpha value is -3.69. The molecule has 1 aliphatic rings. The minimum Gasteiger partial charge on any atom is -0.484 e. The zero-order valence-electron chi connectivity index (χ0n) is 16.3. The van der Waals surface area contributed by atoms with Gasteiger partial charge in [-0.25, -0.2) is 4.79 Å². The number of hydrogen-bond acceptors (Lipinski definition) is 4. The van der Waals surface area contributed by atoms with Gasteiger partial charge in [0.05, 0.1) is 0 Å². The fourth-order valence-electron chi connectivity index (χ4n) is 2.98. The van der Waals surface area contributed by atoms with E-state index < -0.39 is 18.3 Å². The Kier molecular flexibility index (Phi) is 6.68. The van der Waals surface area contributed by atoms with E-state index in [1.165, 1.54) is 12.1 Å². The second kappa shape index (κ2) is 9.41. The van der Waals surface area contributed by atoms with Gasteiger partial charge in [0.2, 0.25) is 0 Å². The number of ether oxygens (including phenoxy) is 2. The van der Waals surface area contributed by atoms with Gasteiger partial charge in [-0.1, -0.05) is 18.2 Å². The first-order chi connectivity index (χ1) is 14.7. The van der Waals surface area contributed by atoms with Gasteiger partial charge in [-0.05, 0) is 54.0 Å². The highest BCUT2D eigenvalue weighted by atomic mass is 19.4. The predicted octanol–water partition coefficient (Wildman–Crippen LogP) is 3.77. The lowest BCUT2D eigenvalue weighted by molar-refractivity contribution is -0.274. The van der Waals surface area contributed by atoms with Gasteiger partial charge >= 0.3 is 12.4 Å². The normalized spacial score (nSPS) is 13.9. The van der Waals surface area contributed by atoms with Crippen LogP contribution in [-0.4, -0.2) is 42.9 Å². The summed E-state index contributed by atoms with van der Waals surface area (Å²) in [7, 11) is 0. The molecular weight excluding hydrogens is 415 g/mol. The first-order valence-corrected chi connectivity index (χ1v) is 9.32. The van der Waals surface area contributed by atoms with E-state index in [-0.39, 0.29) is 12.4 Å². The number of rotatable bonds is 6. The van der Waals surface area contributed by atoms with Gasteiger partial charge in [-0.3, -0.25) is 4.79 Å². The standard InChI is InChI=1S/C21H20F3N3O4/c22-21(23,24)31-18-7-3-16(4-8-18)26-19(28)13-30-17-5-1-14(2-6-17)15-9-11-27(12-10-15)20(25)29/h1-9H,10-13H2,(H2,25,29)(H,26,28). The fraction of sp³-hybridized carbons (Fsp3) is 0.238. The van der Waals surface area contributed by atoms with Crippen LogP contribution in [0.5, 0.6) is 11.5 Å². The Morgan fingerprint density at radius 2 is 1.68 bits per heavy atom. The molecule has 2 aromatic carbocycles. The molecule has 31 heavy (non-hydrogen) atoms. The molecule has 0 fully saturated rings. The molecule has 164 valence electrons. The highest BCUT2D eigenvalue weighted by Gasteiger charge is 2.31. The summed E-state index contributed by atoms with van der Waals surface area (Å²) in [6.45, 7) is 0.756. The van der Waals surface area contributed by atoms with Crippen LogP contribution in [0, 0.1) is 0 Å². The summed E-state index contributed by atoms with van der Waals surface area (Å²) in [5.41, 5.74) is 7.67. The van der Waals surface area contributed by atoms with Crippen LogP contribution < -0.4 is 20.5 Å². The Morgan fingerprint density at radius 3 is 2.23 bits per heavy atom. The van der Waals surface area contributed by atoms with E-state index in [2.05, 4.69) is 10.1 Å². The van der Waals surface area contributed by atoms with E-state index in [1.807, 2.05) is 18.2 Å². The molecule has 0 aromatic heterocycles. The van der Waals surface area contributed by atoms with Crippen LogP contribution >= 0.6 is 0 Å². The predicted molar refractivity (Wildman–Crippen MR) is 107 cm³/mol. The monoisotopic (exact) mass is 435 g/mol. The third-order valence-corrected chi connectivity index (χ3v) is 4.49. The number of anilines is 1. The third kappa shape index (κ3) is 6.66. The van der Waals surface area contributed by atoms with Gasteiger partial charge in [-0.2, -0.15) is 0 Å². The molecule has 2 aromatic rings. The van der Waals surface area contributed by atoms with Crippen LogP contribution in [0.3, 0.4) is 0 Å². The van der Waals surface area contributed by atoms with Crippen LogP contribution in [-0.2, 0) is 4.79 Å². The second-order valence-corrected chi connectivity index (χ2v) is 6.70. The summed E-state index contributed by atoms with van der Waals surface area (Å²) in [5, 5.41) is 2.53. The molecule has 0 saturated heterocycles. The highest BCUT2D eigenvalue weighted by molar-refractivity contribution is 5.91. The molecular formula is C21H20F3N3O4. The first-order valence-electron chi connectivity index (χ1n) is 9.32. The summed E-state index contributed by atoms with van der Waals surface area (Å²) < 4.78 is 45.7. The summed E-state index contributed by atoms with van der Waals surface area (Å²) in [4.78, 5) is 24.7. The molecule has 0 unspecified atom stereocenters. The van der Waals surface area contributed by atoms with Gasteiger partial charge in [0.25, 0.3) is 5.91 Å². The zero-order valence-corrected chi connectivity index (χ0v) is 16.3. The average Bonchev–Trinajstić information content (AvgIpc) is 2.73. The van der Waals surface area contributed by atoms with E-state index in [1.54, 1.807) is 17.0 Å². The van der Waals surface area contributed by atoms with Crippen molar-refractivity contribution in [2.24, 2.45) is 5.73 Å². The number of nitrogens with two attached hydrogens (primary N) is 1. The molecule has 3 amide bonds. The van der Waals surface area contributed by atoms with Crippen LogP contribution in [0.1, 0.15) is 12.0 Å². The van der Waals surface area contributed by atoms with Crippen molar-refractivity contribution in [1.82, 2.24) is 4.90 Å². The molecule has 0 aliphatic carbocycles. The average molecular weight is 435 g/mol. The van der Waals surface area contributed by atoms with E-state index in [0.29, 0.717) is 30.9 Å². The van der Waals surface area contributed by atoms with E-state index >= 15 is 0 Å². The molecule has 0 spiro atoms. The summed E-state index contributed by atoms with van der Waals surface area (Å²) >= 11 is 0.